The lowest BCUT2D eigenvalue weighted by Gasteiger charge is -2.33. The van der Waals surface area contributed by atoms with Gasteiger partial charge in [0.15, 0.2) is 5.16 Å². The molecule has 0 radical (unpaired) electrons. The van der Waals surface area contributed by atoms with Gasteiger partial charge in [-0.25, -0.2) is 9.97 Å². The summed E-state index contributed by atoms with van der Waals surface area (Å²) in [6.07, 6.45) is 4.02. The molecule has 0 fully saturated rings. The zero-order valence-corrected chi connectivity index (χ0v) is 16.2. The fourth-order valence-electron chi connectivity index (χ4n) is 3.10. The van der Waals surface area contributed by atoms with Crippen molar-refractivity contribution in [3.05, 3.63) is 10.4 Å². The van der Waals surface area contributed by atoms with Crippen LogP contribution in [0.5, 0.6) is 0 Å². The first-order valence-electron chi connectivity index (χ1n) is 8.30. The van der Waals surface area contributed by atoms with Crippen molar-refractivity contribution >= 4 is 39.1 Å². The molecule has 0 saturated carbocycles. The van der Waals surface area contributed by atoms with Gasteiger partial charge in [-0.05, 0) is 39.0 Å². The fourth-order valence-corrected chi connectivity index (χ4v) is 4.62. The highest BCUT2D eigenvalue weighted by Gasteiger charge is 2.33. The van der Waals surface area contributed by atoms with Gasteiger partial charge in [0.25, 0.3) is 0 Å². The van der Waals surface area contributed by atoms with Gasteiger partial charge in [-0.15, -0.1) is 11.3 Å². The summed E-state index contributed by atoms with van der Waals surface area (Å²) in [4.78, 5) is 14.4. The lowest BCUT2D eigenvalue weighted by Crippen LogP contribution is -2.34. The van der Waals surface area contributed by atoms with Gasteiger partial charge in [0.1, 0.15) is 10.6 Å². The van der Waals surface area contributed by atoms with Crippen molar-refractivity contribution in [1.29, 1.82) is 0 Å². The summed E-state index contributed by atoms with van der Waals surface area (Å²) in [7, 11) is 0. The first kappa shape index (κ1) is 17.0. The molecule has 0 saturated heterocycles. The lowest BCUT2D eigenvalue weighted by molar-refractivity contribution is -0.0542. The molecule has 6 heteroatoms. The van der Waals surface area contributed by atoms with Crippen molar-refractivity contribution in [1.82, 2.24) is 9.97 Å². The Balaban J connectivity index is 2.23. The Kier molecular flexibility index (Phi) is 4.85. The van der Waals surface area contributed by atoms with Crippen LogP contribution in [0.2, 0.25) is 0 Å². The number of thioether (sulfide) groups is 1. The van der Waals surface area contributed by atoms with Crippen LogP contribution in [-0.4, -0.2) is 34.9 Å². The average molecular weight is 352 g/mol. The second-order valence-electron chi connectivity index (χ2n) is 6.16. The van der Waals surface area contributed by atoms with E-state index in [9.17, 15) is 0 Å². The molecule has 0 amide bonds. The van der Waals surface area contributed by atoms with Crippen LogP contribution in [0.4, 0.5) is 5.82 Å². The molecule has 0 unspecified atom stereocenters. The van der Waals surface area contributed by atoms with E-state index < -0.39 is 0 Å². The molecule has 2 aromatic rings. The minimum absolute atomic E-state index is 0.0697. The fraction of sp³-hybridized carbons (Fsp3) is 0.647. The Bertz CT molecular complexity index is 711. The van der Waals surface area contributed by atoms with Gasteiger partial charge in [0, 0.05) is 24.4 Å². The number of hydrogen-bond donors (Lipinski definition) is 0. The molecule has 4 nitrogen and oxygen atoms in total. The van der Waals surface area contributed by atoms with E-state index >= 15 is 0 Å². The largest absolute Gasteiger partial charge is 0.369 e. The summed E-state index contributed by atoms with van der Waals surface area (Å²) < 4.78 is 6.12. The zero-order chi connectivity index (χ0) is 16.6. The topological polar surface area (TPSA) is 38.2 Å². The van der Waals surface area contributed by atoms with Crippen LogP contribution in [0.3, 0.4) is 0 Å². The molecule has 0 spiro atoms. The second-order valence-corrected chi connectivity index (χ2v) is 8.02. The van der Waals surface area contributed by atoms with Gasteiger partial charge in [0.05, 0.1) is 17.6 Å². The number of aromatic nitrogens is 2. The Morgan fingerprint density at radius 3 is 2.61 bits per heavy atom. The van der Waals surface area contributed by atoms with Crippen LogP contribution in [0.25, 0.3) is 10.2 Å². The van der Waals surface area contributed by atoms with Crippen LogP contribution >= 0.6 is 23.1 Å². The van der Waals surface area contributed by atoms with Crippen LogP contribution in [0.15, 0.2) is 5.16 Å². The highest BCUT2D eigenvalue weighted by Crippen LogP contribution is 2.43. The Morgan fingerprint density at radius 2 is 2.00 bits per heavy atom. The summed E-state index contributed by atoms with van der Waals surface area (Å²) in [5, 5.41) is 2.12. The molecular weight excluding hydrogens is 326 g/mol. The number of thiophene rings is 1. The van der Waals surface area contributed by atoms with Crippen LogP contribution < -0.4 is 4.90 Å². The molecule has 1 aliphatic heterocycles. The smallest absolute Gasteiger partial charge is 0.190 e. The quantitative estimate of drug-likeness (QED) is 0.586. The van der Waals surface area contributed by atoms with E-state index in [1.165, 1.54) is 15.8 Å². The highest BCUT2D eigenvalue weighted by atomic mass is 32.2. The zero-order valence-electron chi connectivity index (χ0n) is 14.6. The molecule has 1 atom stereocenters. The number of anilines is 1. The normalized spacial score (nSPS) is 20.7. The van der Waals surface area contributed by atoms with E-state index in [1.807, 2.05) is 6.26 Å². The minimum atomic E-state index is -0.0697. The van der Waals surface area contributed by atoms with Gasteiger partial charge < -0.3 is 9.64 Å². The molecule has 3 heterocycles. The monoisotopic (exact) mass is 351 g/mol. The van der Waals surface area contributed by atoms with Gasteiger partial charge >= 0.3 is 0 Å². The molecule has 1 aliphatic rings. The Labute approximate surface area is 146 Å². The maximum absolute atomic E-state index is 6.12. The van der Waals surface area contributed by atoms with Crippen LogP contribution in [0.1, 0.15) is 44.6 Å². The Hall–Kier alpha value is -0.850. The Morgan fingerprint density at radius 1 is 1.26 bits per heavy atom. The highest BCUT2D eigenvalue weighted by molar-refractivity contribution is 7.98. The summed E-state index contributed by atoms with van der Waals surface area (Å²) in [6, 6.07) is 0. The van der Waals surface area contributed by atoms with Gasteiger partial charge in [-0.3, -0.25) is 0 Å². The SMILES string of the molecule is CCN(CC)c1nc(SC)nc2sc3c(c12)C[C@](C)(CC)OC3. The third-order valence-electron chi connectivity index (χ3n) is 4.79. The van der Waals surface area contributed by atoms with Crippen molar-refractivity contribution in [2.24, 2.45) is 0 Å². The van der Waals surface area contributed by atoms with E-state index in [2.05, 4.69) is 32.6 Å². The van der Waals surface area contributed by atoms with E-state index in [1.54, 1.807) is 23.1 Å². The predicted molar refractivity (Wildman–Crippen MR) is 99.9 cm³/mol. The molecule has 23 heavy (non-hydrogen) atoms. The molecule has 0 bridgehead atoms. The molecule has 126 valence electrons. The van der Waals surface area contributed by atoms with Crippen molar-refractivity contribution in [3.63, 3.8) is 0 Å². The van der Waals surface area contributed by atoms with Gasteiger partial charge in [0.2, 0.25) is 0 Å². The van der Waals surface area contributed by atoms with Gasteiger partial charge in [-0.2, -0.15) is 0 Å². The molecule has 2 aromatic heterocycles. The van der Waals surface area contributed by atoms with E-state index in [0.29, 0.717) is 6.61 Å². The minimum Gasteiger partial charge on any atom is -0.369 e. The number of ether oxygens (including phenoxy) is 1. The van der Waals surface area contributed by atoms with Crippen molar-refractivity contribution < 1.29 is 4.74 Å². The second kappa shape index (κ2) is 6.57. The number of fused-ring (bicyclic) bond motifs is 3. The number of hydrogen-bond acceptors (Lipinski definition) is 6. The molecular formula is C17H25N3OS2. The predicted octanol–water partition coefficient (Wildman–Crippen LogP) is 4.50. The van der Waals surface area contributed by atoms with Crippen LogP contribution in [-0.2, 0) is 17.8 Å². The summed E-state index contributed by atoms with van der Waals surface area (Å²) in [5.41, 5.74) is 1.34. The standard InChI is InChI=1S/C17H25N3OS2/c1-6-17(4)9-11-12(10-21-17)23-15-13(11)14(20(7-2)8-3)18-16(19-15)22-5/h6-10H2,1-5H3/t17-/m0/s1. The molecule has 0 aromatic carbocycles. The number of rotatable bonds is 5. The lowest BCUT2D eigenvalue weighted by atomic mass is 9.90. The summed E-state index contributed by atoms with van der Waals surface area (Å²) in [5.74, 6) is 1.10. The van der Waals surface area contributed by atoms with E-state index in [4.69, 9.17) is 14.7 Å². The van der Waals surface area contributed by atoms with Crippen LogP contribution in [0, 0.1) is 0 Å². The third kappa shape index (κ3) is 2.96. The molecule has 0 aliphatic carbocycles. The average Bonchev–Trinajstić information content (AvgIpc) is 2.93. The molecule has 0 N–H and O–H groups in total. The summed E-state index contributed by atoms with van der Waals surface area (Å²) >= 11 is 3.39. The third-order valence-corrected chi connectivity index (χ3v) is 6.44. The maximum atomic E-state index is 6.12. The van der Waals surface area contributed by atoms with E-state index in [0.717, 1.165) is 41.7 Å². The van der Waals surface area contributed by atoms with E-state index in [-0.39, 0.29) is 5.60 Å². The van der Waals surface area contributed by atoms with Crippen molar-refractivity contribution in [2.45, 2.75) is 57.9 Å². The maximum Gasteiger partial charge on any atom is 0.190 e. The van der Waals surface area contributed by atoms with Crippen molar-refractivity contribution in [3.8, 4) is 0 Å². The molecule has 3 rings (SSSR count). The first-order chi connectivity index (χ1) is 11.0. The first-order valence-corrected chi connectivity index (χ1v) is 10.3. The van der Waals surface area contributed by atoms with Gasteiger partial charge in [-0.1, -0.05) is 18.7 Å². The van der Waals surface area contributed by atoms with Crippen molar-refractivity contribution in [2.75, 3.05) is 24.2 Å². The summed E-state index contributed by atoms with van der Waals surface area (Å²) in [6.45, 7) is 11.4. The number of nitrogens with zero attached hydrogens (tertiary/aromatic N) is 3.